The summed E-state index contributed by atoms with van der Waals surface area (Å²) in [5.74, 6) is 2.06. The molecule has 0 amide bonds. The van der Waals surface area contributed by atoms with Gasteiger partial charge in [-0.15, -0.1) is 11.3 Å². The third kappa shape index (κ3) is 2.12. The fourth-order valence-corrected chi connectivity index (χ4v) is 4.30. The van der Waals surface area contributed by atoms with Crippen LogP contribution < -0.4 is 4.90 Å². The maximum absolute atomic E-state index is 4.75. The molecule has 0 saturated carbocycles. The van der Waals surface area contributed by atoms with Gasteiger partial charge in [-0.1, -0.05) is 0 Å². The molecule has 1 aliphatic carbocycles. The minimum atomic E-state index is 0.896. The summed E-state index contributed by atoms with van der Waals surface area (Å²) in [5.41, 5.74) is 1.54. The van der Waals surface area contributed by atoms with Crippen LogP contribution in [-0.4, -0.2) is 23.1 Å². The van der Waals surface area contributed by atoms with E-state index in [9.17, 15) is 0 Å². The molecule has 0 atom stereocenters. The molecule has 0 aliphatic heterocycles. The predicted octanol–water partition coefficient (Wildman–Crippen LogP) is 3.72. The summed E-state index contributed by atoms with van der Waals surface area (Å²) >= 11 is 1.89. The molecule has 0 saturated heterocycles. The van der Waals surface area contributed by atoms with E-state index in [2.05, 4.69) is 23.7 Å². The van der Waals surface area contributed by atoms with Crippen LogP contribution in [0.15, 0.2) is 0 Å². The van der Waals surface area contributed by atoms with Crippen molar-refractivity contribution in [3.05, 3.63) is 16.3 Å². The number of hydrogen-bond donors (Lipinski definition) is 0. The SMILES string of the molecule is CCN(CC)c1nc(C)nc2sc3c(c12)CCCC3. The van der Waals surface area contributed by atoms with Crippen LogP contribution in [0.25, 0.3) is 10.2 Å². The van der Waals surface area contributed by atoms with E-state index >= 15 is 0 Å². The zero-order valence-electron chi connectivity index (χ0n) is 12.0. The Morgan fingerprint density at radius 3 is 2.58 bits per heavy atom. The van der Waals surface area contributed by atoms with Crippen molar-refractivity contribution >= 4 is 27.4 Å². The molecular weight excluding hydrogens is 254 g/mol. The van der Waals surface area contributed by atoms with Gasteiger partial charge in [0.15, 0.2) is 0 Å². The highest BCUT2D eigenvalue weighted by Gasteiger charge is 2.22. The summed E-state index contributed by atoms with van der Waals surface area (Å²) in [6.07, 6.45) is 5.07. The van der Waals surface area contributed by atoms with E-state index in [1.54, 1.807) is 4.88 Å². The number of nitrogens with zero attached hydrogens (tertiary/aromatic N) is 3. The molecule has 4 heteroatoms. The molecule has 3 rings (SSSR count). The molecule has 19 heavy (non-hydrogen) atoms. The van der Waals surface area contributed by atoms with Crippen LogP contribution in [0.5, 0.6) is 0 Å². The van der Waals surface area contributed by atoms with Gasteiger partial charge in [-0.25, -0.2) is 9.97 Å². The first-order chi connectivity index (χ1) is 9.24. The number of fused-ring (bicyclic) bond motifs is 3. The molecule has 0 aromatic carbocycles. The van der Waals surface area contributed by atoms with E-state index in [0.717, 1.165) is 24.7 Å². The highest BCUT2D eigenvalue weighted by Crippen LogP contribution is 2.39. The maximum atomic E-state index is 4.75. The van der Waals surface area contributed by atoms with Crippen LogP contribution in [0.4, 0.5) is 5.82 Å². The van der Waals surface area contributed by atoms with Gasteiger partial charge in [0.1, 0.15) is 16.5 Å². The Kier molecular flexibility index (Phi) is 3.44. The normalized spacial score (nSPS) is 14.7. The Hall–Kier alpha value is -1.16. The second kappa shape index (κ2) is 5.08. The Morgan fingerprint density at radius 1 is 1.11 bits per heavy atom. The first-order valence-electron chi connectivity index (χ1n) is 7.28. The van der Waals surface area contributed by atoms with Crippen molar-refractivity contribution in [1.82, 2.24) is 9.97 Å². The first-order valence-corrected chi connectivity index (χ1v) is 8.10. The van der Waals surface area contributed by atoms with Gasteiger partial charge < -0.3 is 4.90 Å². The maximum Gasteiger partial charge on any atom is 0.141 e. The molecule has 0 unspecified atom stereocenters. The molecule has 0 radical (unpaired) electrons. The molecule has 0 N–H and O–H groups in total. The van der Waals surface area contributed by atoms with Gasteiger partial charge >= 0.3 is 0 Å². The zero-order valence-corrected chi connectivity index (χ0v) is 12.8. The number of aryl methyl sites for hydroxylation is 3. The minimum Gasteiger partial charge on any atom is -0.357 e. The fourth-order valence-electron chi connectivity index (χ4n) is 2.99. The monoisotopic (exact) mass is 275 g/mol. The summed E-state index contributed by atoms with van der Waals surface area (Å²) in [6.45, 7) is 8.42. The Morgan fingerprint density at radius 2 is 1.84 bits per heavy atom. The van der Waals surface area contributed by atoms with Crippen molar-refractivity contribution in [1.29, 1.82) is 0 Å². The quantitative estimate of drug-likeness (QED) is 0.854. The summed E-state index contributed by atoms with van der Waals surface area (Å²) in [4.78, 5) is 14.5. The molecule has 2 aromatic heterocycles. The second-order valence-corrected chi connectivity index (χ2v) is 6.24. The topological polar surface area (TPSA) is 29.0 Å². The Bertz CT molecular complexity index is 599. The lowest BCUT2D eigenvalue weighted by Crippen LogP contribution is -2.24. The van der Waals surface area contributed by atoms with Gasteiger partial charge in [0.25, 0.3) is 0 Å². The van der Waals surface area contributed by atoms with Gasteiger partial charge in [0.2, 0.25) is 0 Å². The Balaban J connectivity index is 2.27. The average Bonchev–Trinajstić information content (AvgIpc) is 2.77. The van der Waals surface area contributed by atoms with Gasteiger partial charge in [-0.3, -0.25) is 0 Å². The lowest BCUT2D eigenvalue weighted by Gasteiger charge is -2.22. The van der Waals surface area contributed by atoms with Crippen molar-refractivity contribution in [2.45, 2.75) is 46.5 Å². The first kappa shape index (κ1) is 12.9. The number of hydrogen-bond acceptors (Lipinski definition) is 4. The highest BCUT2D eigenvalue weighted by molar-refractivity contribution is 7.19. The lowest BCUT2D eigenvalue weighted by atomic mass is 9.97. The molecule has 0 fully saturated rings. The summed E-state index contributed by atoms with van der Waals surface area (Å²) in [6, 6.07) is 0. The number of anilines is 1. The van der Waals surface area contributed by atoms with Crippen LogP contribution in [-0.2, 0) is 12.8 Å². The highest BCUT2D eigenvalue weighted by atomic mass is 32.1. The Labute approximate surface area is 118 Å². The van der Waals surface area contributed by atoms with E-state index in [4.69, 9.17) is 4.98 Å². The van der Waals surface area contributed by atoms with E-state index in [0.29, 0.717) is 0 Å². The predicted molar refractivity (Wildman–Crippen MR) is 82.4 cm³/mol. The third-order valence-electron chi connectivity index (χ3n) is 3.97. The van der Waals surface area contributed by atoms with Crippen LogP contribution in [0.3, 0.4) is 0 Å². The van der Waals surface area contributed by atoms with Crippen molar-refractivity contribution in [3.63, 3.8) is 0 Å². The van der Waals surface area contributed by atoms with Gasteiger partial charge in [0.05, 0.1) is 5.39 Å². The molecule has 2 aromatic rings. The standard InChI is InChI=1S/C15H21N3S/c1-4-18(5-2)14-13-11-8-6-7-9-12(11)19-15(13)17-10(3)16-14/h4-9H2,1-3H3. The molecule has 0 bridgehead atoms. The molecule has 3 nitrogen and oxygen atoms in total. The smallest absolute Gasteiger partial charge is 0.141 e. The van der Waals surface area contributed by atoms with E-state index < -0.39 is 0 Å². The van der Waals surface area contributed by atoms with Gasteiger partial charge in [-0.2, -0.15) is 0 Å². The number of rotatable bonds is 3. The molecular formula is C15H21N3S. The van der Waals surface area contributed by atoms with Crippen LogP contribution in [0.1, 0.15) is 43.0 Å². The van der Waals surface area contributed by atoms with E-state index in [1.807, 2.05) is 18.3 Å². The summed E-state index contributed by atoms with van der Waals surface area (Å²) < 4.78 is 0. The largest absolute Gasteiger partial charge is 0.357 e. The number of aromatic nitrogens is 2. The minimum absolute atomic E-state index is 0.896. The zero-order chi connectivity index (χ0) is 13.4. The molecule has 102 valence electrons. The van der Waals surface area contributed by atoms with Crippen LogP contribution in [0.2, 0.25) is 0 Å². The average molecular weight is 275 g/mol. The van der Waals surface area contributed by atoms with Crippen molar-refractivity contribution < 1.29 is 0 Å². The third-order valence-corrected chi connectivity index (χ3v) is 5.16. The second-order valence-electron chi connectivity index (χ2n) is 5.16. The molecule has 2 heterocycles. The van der Waals surface area contributed by atoms with Crippen molar-refractivity contribution in [3.8, 4) is 0 Å². The van der Waals surface area contributed by atoms with Gasteiger partial charge in [-0.05, 0) is 52.0 Å². The van der Waals surface area contributed by atoms with E-state index in [-0.39, 0.29) is 0 Å². The van der Waals surface area contributed by atoms with Crippen LogP contribution >= 0.6 is 11.3 Å². The van der Waals surface area contributed by atoms with Crippen molar-refractivity contribution in [2.75, 3.05) is 18.0 Å². The van der Waals surface area contributed by atoms with Crippen molar-refractivity contribution in [2.24, 2.45) is 0 Å². The molecule has 1 aliphatic rings. The molecule has 0 spiro atoms. The van der Waals surface area contributed by atoms with E-state index in [1.165, 1.54) is 41.5 Å². The van der Waals surface area contributed by atoms with Gasteiger partial charge in [0, 0.05) is 18.0 Å². The summed E-state index contributed by atoms with van der Waals surface area (Å²) in [7, 11) is 0. The summed E-state index contributed by atoms with van der Waals surface area (Å²) in [5, 5.41) is 1.34. The lowest BCUT2D eigenvalue weighted by molar-refractivity contribution is 0.700. The fraction of sp³-hybridized carbons (Fsp3) is 0.600. The number of thiophene rings is 1. The van der Waals surface area contributed by atoms with Crippen LogP contribution in [0, 0.1) is 6.92 Å².